The first kappa shape index (κ1) is 19.5. The van der Waals surface area contributed by atoms with Crippen molar-refractivity contribution in [1.29, 1.82) is 5.26 Å². The quantitative estimate of drug-likeness (QED) is 0.414. The molecule has 3 rings (SSSR count). The second-order valence-corrected chi connectivity index (χ2v) is 7.24. The van der Waals surface area contributed by atoms with Crippen LogP contribution in [-0.4, -0.2) is 11.0 Å². The van der Waals surface area contributed by atoms with Crippen LogP contribution in [0.25, 0.3) is 0 Å². The minimum absolute atomic E-state index is 0.00251. The third-order valence-corrected chi connectivity index (χ3v) is 5.17. The minimum Gasteiger partial charge on any atom is -0.508 e. The Morgan fingerprint density at radius 1 is 1.18 bits per heavy atom. The molecular weight excluding hydrogens is 350 g/mol. The van der Waals surface area contributed by atoms with E-state index in [0.29, 0.717) is 0 Å². The smallest absolute Gasteiger partial charge is 0.263 e. The van der Waals surface area contributed by atoms with Gasteiger partial charge in [-0.15, -0.1) is 0 Å². The summed E-state index contributed by atoms with van der Waals surface area (Å²) in [5, 5.41) is 24.7. The molecule has 0 heterocycles. The molecule has 2 aromatic carbocycles. The molecule has 1 atom stereocenters. The van der Waals surface area contributed by atoms with Crippen LogP contribution in [0.3, 0.4) is 0 Å². The number of hydrogen-bond donors (Lipinski definition) is 3. The van der Waals surface area contributed by atoms with E-state index in [-0.39, 0.29) is 17.4 Å². The normalized spacial score (nSPS) is 14.5. The molecule has 0 aromatic heterocycles. The predicted molar refractivity (Wildman–Crippen MR) is 110 cm³/mol. The molecule has 5 heteroatoms. The Kier molecular flexibility index (Phi) is 6.00. The van der Waals surface area contributed by atoms with Crippen LogP contribution >= 0.6 is 0 Å². The van der Waals surface area contributed by atoms with Gasteiger partial charge in [-0.05, 0) is 80.0 Å². The van der Waals surface area contributed by atoms with Crippen LogP contribution in [0.1, 0.15) is 48.1 Å². The Morgan fingerprint density at radius 2 is 1.93 bits per heavy atom. The molecule has 0 radical (unpaired) electrons. The van der Waals surface area contributed by atoms with E-state index < -0.39 is 5.91 Å². The number of phenolic OH excluding ortho intramolecular Hbond substituents is 1. The molecule has 3 N–H and O–H groups in total. The SMILES string of the molecule is Cc1cc(O)ccc1N/C=C(/C#N)C(=O)NC(C)c1ccc2c(c1)CCCC2. The maximum atomic E-state index is 12.5. The molecular formula is C23H25N3O2. The van der Waals surface area contributed by atoms with Crippen molar-refractivity contribution in [3.63, 3.8) is 0 Å². The standard InChI is InChI=1S/C23H25N3O2/c1-15-11-21(27)9-10-22(15)25-14-20(13-24)23(28)26-16(2)18-8-7-17-5-3-4-6-19(17)12-18/h7-12,14,16,25,27H,3-6H2,1-2H3,(H,26,28)/b20-14-. The van der Waals surface area contributed by atoms with Crippen molar-refractivity contribution in [3.8, 4) is 11.8 Å². The highest BCUT2D eigenvalue weighted by Crippen LogP contribution is 2.25. The summed E-state index contributed by atoms with van der Waals surface area (Å²) in [7, 11) is 0. The molecule has 0 aliphatic heterocycles. The second-order valence-electron chi connectivity index (χ2n) is 7.24. The molecule has 1 unspecified atom stereocenters. The third kappa shape index (κ3) is 4.52. The molecule has 0 saturated carbocycles. The van der Waals surface area contributed by atoms with E-state index >= 15 is 0 Å². The number of carbonyl (C=O) groups excluding carboxylic acids is 1. The Morgan fingerprint density at radius 3 is 2.64 bits per heavy atom. The molecule has 144 valence electrons. The zero-order valence-corrected chi connectivity index (χ0v) is 16.2. The lowest BCUT2D eigenvalue weighted by atomic mass is 9.89. The van der Waals surface area contributed by atoms with Crippen LogP contribution in [0.15, 0.2) is 48.2 Å². The Bertz CT molecular complexity index is 957. The summed E-state index contributed by atoms with van der Waals surface area (Å²) in [5.41, 5.74) is 5.35. The highest BCUT2D eigenvalue weighted by atomic mass is 16.3. The third-order valence-electron chi connectivity index (χ3n) is 5.17. The highest BCUT2D eigenvalue weighted by molar-refractivity contribution is 5.97. The van der Waals surface area contributed by atoms with Crippen molar-refractivity contribution in [2.75, 3.05) is 5.32 Å². The Balaban J connectivity index is 1.68. The van der Waals surface area contributed by atoms with Crippen LogP contribution in [0, 0.1) is 18.3 Å². The van der Waals surface area contributed by atoms with Gasteiger partial charge in [0.1, 0.15) is 17.4 Å². The fourth-order valence-electron chi connectivity index (χ4n) is 3.49. The molecule has 0 saturated heterocycles. The first-order chi connectivity index (χ1) is 13.5. The Labute approximate surface area is 165 Å². The molecule has 0 bridgehead atoms. The van der Waals surface area contributed by atoms with E-state index in [1.54, 1.807) is 18.2 Å². The van der Waals surface area contributed by atoms with Gasteiger partial charge in [0, 0.05) is 11.9 Å². The lowest BCUT2D eigenvalue weighted by Gasteiger charge is -2.20. The zero-order valence-electron chi connectivity index (χ0n) is 16.2. The van der Waals surface area contributed by atoms with Gasteiger partial charge in [0.15, 0.2) is 0 Å². The number of carbonyl (C=O) groups is 1. The van der Waals surface area contributed by atoms with Gasteiger partial charge in [0.05, 0.1) is 6.04 Å². The second kappa shape index (κ2) is 8.62. The number of nitrogens with zero attached hydrogens (tertiary/aromatic N) is 1. The van der Waals surface area contributed by atoms with Crippen molar-refractivity contribution in [2.24, 2.45) is 0 Å². The number of anilines is 1. The van der Waals surface area contributed by atoms with Crippen molar-refractivity contribution >= 4 is 11.6 Å². The lowest BCUT2D eigenvalue weighted by Crippen LogP contribution is -2.28. The fourth-order valence-corrected chi connectivity index (χ4v) is 3.49. The Hall–Kier alpha value is -3.26. The van der Waals surface area contributed by atoms with E-state index in [4.69, 9.17) is 0 Å². The number of hydrogen-bond acceptors (Lipinski definition) is 4. The molecule has 0 fully saturated rings. The summed E-state index contributed by atoms with van der Waals surface area (Å²) in [6.07, 6.45) is 6.06. The number of nitrogens with one attached hydrogen (secondary N) is 2. The molecule has 2 aromatic rings. The van der Waals surface area contributed by atoms with Gasteiger partial charge in [-0.1, -0.05) is 18.2 Å². The van der Waals surface area contributed by atoms with Crippen molar-refractivity contribution in [1.82, 2.24) is 5.32 Å². The van der Waals surface area contributed by atoms with Gasteiger partial charge in [0.2, 0.25) is 0 Å². The average molecular weight is 375 g/mol. The number of nitriles is 1. The maximum absolute atomic E-state index is 12.5. The van der Waals surface area contributed by atoms with Gasteiger partial charge in [-0.3, -0.25) is 4.79 Å². The highest BCUT2D eigenvalue weighted by Gasteiger charge is 2.16. The number of fused-ring (bicyclic) bond motifs is 1. The molecule has 28 heavy (non-hydrogen) atoms. The zero-order chi connectivity index (χ0) is 20.1. The van der Waals surface area contributed by atoms with Crippen LogP contribution in [0.2, 0.25) is 0 Å². The summed E-state index contributed by atoms with van der Waals surface area (Å²) in [6.45, 7) is 3.76. The number of phenols is 1. The van der Waals surface area contributed by atoms with E-state index in [9.17, 15) is 15.2 Å². The average Bonchev–Trinajstić information content (AvgIpc) is 2.69. The molecule has 5 nitrogen and oxygen atoms in total. The molecule has 0 spiro atoms. The number of aryl methyl sites for hydroxylation is 3. The lowest BCUT2D eigenvalue weighted by molar-refractivity contribution is -0.117. The summed E-state index contributed by atoms with van der Waals surface area (Å²) in [6, 6.07) is 13.0. The van der Waals surface area contributed by atoms with Crippen LogP contribution in [-0.2, 0) is 17.6 Å². The van der Waals surface area contributed by atoms with Gasteiger partial charge in [0.25, 0.3) is 5.91 Å². The number of aromatic hydroxyl groups is 1. The van der Waals surface area contributed by atoms with Gasteiger partial charge in [-0.2, -0.15) is 5.26 Å². The van der Waals surface area contributed by atoms with Crippen LogP contribution in [0.5, 0.6) is 5.75 Å². The van der Waals surface area contributed by atoms with Gasteiger partial charge >= 0.3 is 0 Å². The number of rotatable bonds is 5. The predicted octanol–water partition coefficient (Wildman–Crippen LogP) is 4.28. The summed E-state index contributed by atoms with van der Waals surface area (Å²) >= 11 is 0. The summed E-state index contributed by atoms with van der Waals surface area (Å²) in [4.78, 5) is 12.5. The molecule has 1 aliphatic carbocycles. The number of benzene rings is 2. The van der Waals surface area contributed by atoms with E-state index in [1.807, 2.05) is 19.9 Å². The fraction of sp³-hybridized carbons (Fsp3) is 0.304. The van der Waals surface area contributed by atoms with E-state index in [0.717, 1.165) is 29.7 Å². The number of amides is 1. The van der Waals surface area contributed by atoms with E-state index in [1.165, 1.54) is 30.2 Å². The molecule has 1 amide bonds. The topological polar surface area (TPSA) is 85.2 Å². The van der Waals surface area contributed by atoms with Crippen molar-refractivity contribution in [3.05, 3.63) is 70.4 Å². The first-order valence-corrected chi connectivity index (χ1v) is 9.57. The first-order valence-electron chi connectivity index (χ1n) is 9.57. The largest absolute Gasteiger partial charge is 0.508 e. The van der Waals surface area contributed by atoms with Crippen molar-refractivity contribution in [2.45, 2.75) is 45.6 Å². The van der Waals surface area contributed by atoms with Crippen molar-refractivity contribution < 1.29 is 9.90 Å². The minimum atomic E-state index is -0.420. The monoisotopic (exact) mass is 375 g/mol. The summed E-state index contributed by atoms with van der Waals surface area (Å²) in [5.74, 6) is -0.249. The van der Waals surface area contributed by atoms with E-state index in [2.05, 4.69) is 28.8 Å². The van der Waals surface area contributed by atoms with Crippen LogP contribution in [0.4, 0.5) is 5.69 Å². The van der Waals surface area contributed by atoms with Gasteiger partial charge in [-0.25, -0.2) is 0 Å². The molecule has 1 aliphatic rings. The summed E-state index contributed by atoms with van der Waals surface area (Å²) < 4.78 is 0. The van der Waals surface area contributed by atoms with Gasteiger partial charge < -0.3 is 15.7 Å². The van der Waals surface area contributed by atoms with Crippen LogP contribution < -0.4 is 10.6 Å². The maximum Gasteiger partial charge on any atom is 0.263 e.